The molecule has 0 aliphatic heterocycles. The molecule has 0 bridgehead atoms. The summed E-state index contributed by atoms with van der Waals surface area (Å²) < 4.78 is 37.5. The normalized spacial score (nSPS) is 27.4. The summed E-state index contributed by atoms with van der Waals surface area (Å²) in [5.41, 5.74) is 2.29. The lowest BCUT2D eigenvalue weighted by atomic mass is 9.80. The first-order chi connectivity index (χ1) is 15.8. The van der Waals surface area contributed by atoms with Crippen LogP contribution >= 0.6 is 11.6 Å². The number of rotatable bonds is 8. The Bertz CT molecular complexity index is 801. The van der Waals surface area contributed by atoms with Crippen LogP contribution in [0.2, 0.25) is 5.02 Å². The van der Waals surface area contributed by atoms with Crippen LogP contribution in [0.5, 0.6) is 0 Å². The van der Waals surface area contributed by atoms with Crippen molar-refractivity contribution in [2.24, 2.45) is 0 Å². The van der Waals surface area contributed by atoms with Gasteiger partial charge in [-0.3, -0.25) is 0 Å². The maximum absolute atomic E-state index is 13.5. The minimum Gasteiger partial charge on any atom is -0.460 e. The lowest BCUT2D eigenvalue weighted by Crippen LogP contribution is -2.28. The van der Waals surface area contributed by atoms with Gasteiger partial charge in [-0.2, -0.15) is 0 Å². The summed E-state index contributed by atoms with van der Waals surface area (Å²) in [7, 11) is 0. The molecule has 0 N–H and O–H groups in total. The van der Waals surface area contributed by atoms with E-state index in [0.29, 0.717) is 24.7 Å². The number of hydrogen-bond acceptors (Lipinski definition) is 4. The summed E-state index contributed by atoms with van der Waals surface area (Å²) in [6.07, 6.45) is 3.12. The summed E-state index contributed by atoms with van der Waals surface area (Å²) in [6.45, 7) is 3.26. The first kappa shape index (κ1) is 25.9. The van der Waals surface area contributed by atoms with Crippen molar-refractivity contribution in [3.8, 4) is 0 Å². The highest BCUT2D eigenvalue weighted by Crippen LogP contribution is 2.40. The summed E-state index contributed by atoms with van der Waals surface area (Å²) in [5, 5.41) is 0.750. The molecule has 184 valence electrons. The Kier molecular flexibility index (Phi) is 9.54. The number of alkyl halides is 2. The molecule has 7 heteroatoms. The van der Waals surface area contributed by atoms with Crippen molar-refractivity contribution in [2.75, 3.05) is 0 Å². The first-order valence-corrected chi connectivity index (χ1v) is 12.7. The monoisotopic (exact) mass is 484 g/mol. The predicted molar refractivity (Wildman–Crippen MR) is 124 cm³/mol. The van der Waals surface area contributed by atoms with Crippen LogP contribution in [0.1, 0.15) is 101 Å². The van der Waals surface area contributed by atoms with E-state index < -0.39 is 24.3 Å². The zero-order valence-corrected chi connectivity index (χ0v) is 20.3. The molecule has 2 saturated carbocycles. The number of benzene rings is 1. The molecule has 33 heavy (non-hydrogen) atoms. The van der Waals surface area contributed by atoms with Crippen molar-refractivity contribution in [2.45, 2.75) is 114 Å². The molecule has 0 spiro atoms. The third-order valence-electron chi connectivity index (χ3n) is 7.08. The summed E-state index contributed by atoms with van der Waals surface area (Å²) >= 11 is 6.67. The van der Waals surface area contributed by atoms with E-state index in [1.165, 1.54) is 5.56 Å². The number of ether oxygens (including phenoxy) is 2. The van der Waals surface area contributed by atoms with E-state index >= 15 is 0 Å². The number of carbonyl (C=O) groups excluding carboxylic acids is 2. The Balaban J connectivity index is 1.50. The lowest BCUT2D eigenvalue weighted by molar-refractivity contribution is -0.157. The van der Waals surface area contributed by atoms with E-state index in [1.807, 2.05) is 6.07 Å². The van der Waals surface area contributed by atoms with Crippen molar-refractivity contribution in [3.05, 3.63) is 34.3 Å². The number of halogens is 3. The average molecular weight is 485 g/mol. The first-order valence-electron chi connectivity index (χ1n) is 12.3. The van der Waals surface area contributed by atoms with E-state index in [9.17, 15) is 18.4 Å². The second kappa shape index (κ2) is 12.1. The van der Waals surface area contributed by atoms with Gasteiger partial charge in [0.25, 0.3) is 0 Å². The second-order valence-electron chi connectivity index (χ2n) is 9.35. The van der Waals surface area contributed by atoms with Crippen molar-refractivity contribution in [1.82, 2.24) is 0 Å². The Hall–Kier alpha value is -1.69. The molecule has 0 unspecified atom stereocenters. The van der Waals surface area contributed by atoms with Crippen LogP contribution in [0, 0.1) is 0 Å². The standard InChI is InChI=1S/C26H35ClF2O4/c1-3-23(28)25(30)32-19-10-5-16(6-11-19)18-9-14-21(22(27)15-18)17-7-12-20(13-8-17)33-26(31)24(29)4-2/h9,14-17,19-20,23-24H,3-8,10-13H2,1-2H3/t16?,17?,19?,20?,23-,24-/m0/s1. The lowest BCUT2D eigenvalue weighted by Gasteiger charge is -2.31. The molecule has 2 aliphatic carbocycles. The van der Waals surface area contributed by atoms with Gasteiger partial charge in [0.1, 0.15) is 12.2 Å². The van der Waals surface area contributed by atoms with Gasteiger partial charge in [-0.1, -0.05) is 37.6 Å². The number of hydrogen-bond donors (Lipinski definition) is 0. The van der Waals surface area contributed by atoms with E-state index in [1.54, 1.807) is 13.8 Å². The van der Waals surface area contributed by atoms with Gasteiger partial charge in [0.05, 0.1) is 0 Å². The van der Waals surface area contributed by atoms with Gasteiger partial charge in [-0.15, -0.1) is 0 Å². The zero-order valence-electron chi connectivity index (χ0n) is 19.5. The van der Waals surface area contributed by atoms with Gasteiger partial charge in [-0.05, 0) is 93.2 Å². The zero-order chi connectivity index (χ0) is 24.0. The minimum absolute atomic E-state index is 0.139. The highest BCUT2D eigenvalue weighted by molar-refractivity contribution is 6.31. The maximum Gasteiger partial charge on any atom is 0.340 e. The van der Waals surface area contributed by atoms with E-state index in [2.05, 4.69) is 12.1 Å². The largest absolute Gasteiger partial charge is 0.460 e. The number of esters is 2. The Morgan fingerprint density at radius 3 is 1.73 bits per heavy atom. The summed E-state index contributed by atoms with van der Waals surface area (Å²) in [5.74, 6) is -0.840. The second-order valence-corrected chi connectivity index (χ2v) is 9.76. The maximum atomic E-state index is 13.5. The van der Waals surface area contributed by atoms with Crippen LogP contribution < -0.4 is 0 Å². The van der Waals surface area contributed by atoms with Crippen LogP contribution in [0.3, 0.4) is 0 Å². The van der Waals surface area contributed by atoms with Gasteiger partial charge in [0, 0.05) is 5.02 Å². The summed E-state index contributed by atoms with van der Waals surface area (Å²) in [4.78, 5) is 23.4. The van der Waals surface area contributed by atoms with Crippen molar-refractivity contribution < 1.29 is 27.8 Å². The van der Waals surface area contributed by atoms with Crippen molar-refractivity contribution >= 4 is 23.5 Å². The van der Waals surface area contributed by atoms with Crippen LogP contribution in [0.4, 0.5) is 8.78 Å². The van der Waals surface area contributed by atoms with Gasteiger partial charge in [0.2, 0.25) is 0 Å². The molecule has 3 rings (SSSR count). The smallest absolute Gasteiger partial charge is 0.340 e. The van der Waals surface area contributed by atoms with Gasteiger partial charge < -0.3 is 9.47 Å². The van der Waals surface area contributed by atoms with E-state index in [0.717, 1.165) is 49.1 Å². The molecule has 2 fully saturated rings. The van der Waals surface area contributed by atoms with Gasteiger partial charge >= 0.3 is 11.9 Å². The highest BCUT2D eigenvalue weighted by atomic mass is 35.5. The SMILES string of the molecule is CC[C@H](F)C(=O)OC1CCC(c2ccc(C3CCC(OC(=O)[C@@H](F)CC)CC3)c(Cl)c2)CC1. The highest BCUT2D eigenvalue weighted by Gasteiger charge is 2.30. The summed E-state index contributed by atoms with van der Waals surface area (Å²) in [6, 6.07) is 6.28. The molecular weight excluding hydrogens is 450 g/mol. The van der Waals surface area contributed by atoms with Crippen LogP contribution in [0.15, 0.2) is 18.2 Å². The minimum atomic E-state index is -1.54. The Morgan fingerprint density at radius 1 is 0.848 bits per heavy atom. The molecule has 0 saturated heterocycles. The van der Waals surface area contributed by atoms with Gasteiger partial charge in [-0.25, -0.2) is 18.4 Å². The molecule has 2 atom stereocenters. The van der Waals surface area contributed by atoms with Crippen LogP contribution in [0.25, 0.3) is 0 Å². The van der Waals surface area contributed by atoms with Gasteiger partial charge in [0.15, 0.2) is 12.3 Å². The molecule has 1 aromatic carbocycles. The quantitative estimate of drug-likeness (QED) is 0.374. The Morgan fingerprint density at radius 2 is 1.30 bits per heavy atom. The Labute approximate surface area is 200 Å². The molecule has 2 aliphatic rings. The fraction of sp³-hybridized carbons (Fsp3) is 0.692. The van der Waals surface area contributed by atoms with Crippen molar-refractivity contribution in [1.29, 1.82) is 0 Å². The average Bonchev–Trinajstić information content (AvgIpc) is 2.83. The molecule has 0 amide bonds. The molecule has 0 radical (unpaired) electrons. The fourth-order valence-corrected chi connectivity index (χ4v) is 5.29. The van der Waals surface area contributed by atoms with E-state index in [-0.39, 0.29) is 25.0 Å². The molecular formula is C26H35ClF2O4. The van der Waals surface area contributed by atoms with E-state index in [4.69, 9.17) is 21.1 Å². The number of carbonyl (C=O) groups is 2. The third-order valence-corrected chi connectivity index (χ3v) is 7.41. The molecule has 4 nitrogen and oxygen atoms in total. The van der Waals surface area contributed by atoms with Crippen molar-refractivity contribution in [3.63, 3.8) is 0 Å². The van der Waals surface area contributed by atoms with Crippen LogP contribution in [-0.4, -0.2) is 36.5 Å². The third kappa shape index (κ3) is 6.91. The molecule has 1 aromatic rings. The predicted octanol–water partition coefficient (Wildman–Crippen LogP) is 6.98. The molecule has 0 aromatic heterocycles. The molecule has 0 heterocycles. The van der Waals surface area contributed by atoms with Crippen LogP contribution in [-0.2, 0) is 19.1 Å². The fourth-order valence-electron chi connectivity index (χ4n) is 4.94. The topological polar surface area (TPSA) is 52.6 Å².